The van der Waals surface area contributed by atoms with Gasteiger partial charge in [-0.15, -0.1) is 0 Å². The van der Waals surface area contributed by atoms with Crippen LogP contribution in [0.5, 0.6) is 0 Å². The Bertz CT molecular complexity index is 505. The van der Waals surface area contributed by atoms with Crippen molar-refractivity contribution in [1.29, 1.82) is 0 Å². The third-order valence-corrected chi connectivity index (χ3v) is 4.25. The highest BCUT2D eigenvalue weighted by molar-refractivity contribution is 5.75. The molecule has 0 saturated carbocycles. The highest BCUT2D eigenvalue weighted by Crippen LogP contribution is 2.17. The Hall–Kier alpha value is -2.04. The quantitative estimate of drug-likeness (QED) is 0.877. The molecule has 1 aliphatic heterocycles. The Morgan fingerprint density at radius 2 is 1.77 bits per heavy atom. The third kappa shape index (κ3) is 4.48. The van der Waals surface area contributed by atoms with E-state index in [9.17, 15) is 9.59 Å². The lowest BCUT2D eigenvalue weighted by molar-refractivity contribution is -0.143. The topological polar surface area (TPSA) is 69.6 Å². The average molecular weight is 304 g/mol. The molecule has 0 aromatic heterocycles. The maximum absolute atomic E-state index is 12.0. The number of likely N-dealkylation sites (tertiary alicyclic amines) is 1. The number of nitrogens with one attached hydrogen (secondary N) is 1. The lowest BCUT2D eigenvalue weighted by atomic mass is 9.97. The van der Waals surface area contributed by atoms with Gasteiger partial charge in [0.05, 0.1) is 5.92 Å². The number of urea groups is 1. The average Bonchev–Trinajstić information content (AvgIpc) is 2.55. The minimum Gasteiger partial charge on any atom is -0.481 e. The maximum Gasteiger partial charge on any atom is 0.317 e. The number of rotatable bonds is 5. The molecular formula is C17H24N2O3. The first-order valence-electron chi connectivity index (χ1n) is 7.93. The van der Waals surface area contributed by atoms with Crippen molar-refractivity contribution < 1.29 is 14.7 Å². The molecule has 120 valence electrons. The van der Waals surface area contributed by atoms with Gasteiger partial charge in [-0.1, -0.05) is 31.2 Å². The molecule has 2 amide bonds. The van der Waals surface area contributed by atoms with Gasteiger partial charge in [-0.05, 0) is 36.8 Å². The fraction of sp³-hybridized carbons (Fsp3) is 0.529. The van der Waals surface area contributed by atoms with Crippen LogP contribution in [-0.4, -0.2) is 41.6 Å². The molecule has 0 unspecified atom stereocenters. The van der Waals surface area contributed by atoms with Crippen LogP contribution in [0.3, 0.4) is 0 Å². The zero-order valence-electron chi connectivity index (χ0n) is 13.0. The number of piperidine rings is 1. The summed E-state index contributed by atoms with van der Waals surface area (Å²) in [6, 6.07) is 8.35. The molecule has 0 spiro atoms. The molecule has 1 aromatic carbocycles. The second kappa shape index (κ2) is 7.82. The van der Waals surface area contributed by atoms with E-state index in [1.807, 2.05) is 0 Å². The number of carboxylic acids is 1. The SMILES string of the molecule is CCc1ccc(CCNC(=O)N2CCC(C(=O)O)CC2)cc1. The van der Waals surface area contributed by atoms with Gasteiger partial charge >= 0.3 is 12.0 Å². The summed E-state index contributed by atoms with van der Waals surface area (Å²) in [6.45, 7) is 3.77. The molecule has 1 heterocycles. The summed E-state index contributed by atoms with van der Waals surface area (Å²) in [5.74, 6) is -1.06. The first-order chi connectivity index (χ1) is 10.6. The number of carbonyl (C=O) groups is 2. The van der Waals surface area contributed by atoms with Gasteiger partial charge in [-0.3, -0.25) is 4.79 Å². The summed E-state index contributed by atoms with van der Waals surface area (Å²) >= 11 is 0. The second-order valence-corrected chi connectivity index (χ2v) is 5.75. The van der Waals surface area contributed by atoms with E-state index in [1.54, 1.807) is 4.90 Å². The zero-order valence-corrected chi connectivity index (χ0v) is 13.0. The molecule has 2 rings (SSSR count). The summed E-state index contributed by atoms with van der Waals surface area (Å²) in [7, 11) is 0. The Labute approximate surface area is 131 Å². The number of hydrogen-bond acceptors (Lipinski definition) is 2. The molecule has 0 aliphatic carbocycles. The van der Waals surface area contributed by atoms with Crippen LogP contribution in [-0.2, 0) is 17.6 Å². The van der Waals surface area contributed by atoms with E-state index >= 15 is 0 Å². The number of hydrogen-bond donors (Lipinski definition) is 2. The number of nitrogens with zero attached hydrogens (tertiary/aromatic N) is 1. The Morgan fingerprint density at radius 1 is 1.18 bits per heavy atom. The van der Waals surface area contributed by atoms with Gasteiger partial charge in [-0.2, -0.15) is 0 Å². The van der Waals surface area contributed by atoms with Crippen molar-refractivity contribution in [2.75, 3.05) is 19.6 Å². The minimum atomic E-state index is -0.754. The molecule has 1 aromatic rings. The third-order valence-electron chi connectivity index (χ3n) is 4.25. The largest absolute Gasteiger partial charge is 0.481 e. The number of aliphatic carboxylic acids is 1. The van der Waals surface area contributed by atoms with Crippen molar-refractivity contribution in [2.45, 2.75) is 32.6 Å². The minimum absolute atomic E-state index is 0.0889. The molecule has 1 saturated heterocycles. The number of carbonyl (C=O) groups excluding carboxylic acids is 1. The summed E-state index contributed by atoms with van der Waals surface area (Å²) in [5.41, 5.74) is 2.52. The summed E-state index contributed by atoms with van der Waals surface area (Å²) in [6.07, 6.45) is 2.92. The highest BCUT2D eigenvalue weighted by Gasteiger charge is 2.26. The predicted molar refractivity (Wildman–Crippen MR) is 84.9 cm³/mol. The van der Waals surface area contributed by atoms with Gasteiger partial charge in [0.1, 0.15) is 0 Å². The van der Waals surface area contributed by atoms with Crippen molar-refractivity contribution in [2.24, 2.45) is 5.92 Å². The van der Waals surface area contributed by atoms with Crippen LogP contribution >= 0.6 is 0 Å². The molecule has 22 heavy (non-hydrogen) atoms. The van der Waals surface area contributed by atoms with Crippen LogP contribution in [0.1, 0.15) is 30.9 Å². The van der Waals surface area contributed by atoms with Crippen molar-refractivity contribution >= 4 is 12.0 Å². The number of aryl methyl sites for hydroxylation is 1. The van der Waals surface area contributed by atoms with E-state index in [2.05, 4.69) is 36.5 Å². The van der Waals surface area contributed by atoms with Crippen LogP contribution in [0.15, 0.2) is 24.3 Å². The van der Waals surface area contributed by atoms with E-state index in [0.29, 0.717) is 32.5 Å². The van der Waals surface area contributed by atoms with Gasteiger partial charge in [0, 0.05) is 19.6 Å². The number of carboxylic acid groups (broad SMARTS) is 1. The van der Waals surface area contributed by atoms with Crippen LogP contribution in [0.2, 0.25) is 0 Å². The van der Waals surface area contributed by atoms with E-state index < -0.39 is 5.97 Å². The molecule has 1 fully saturated rings. The number of amides is 2. The van der Waals surface area contributed by atoms with Crippen LogP contribution in [0.4, 0.5) is 4.79 Å². The summed E-state index contributed by atoms with van der Waals surface area (Å²) < 4.78 is 0. The van der Waals surface area contributed by atoms with Gasteiger partial charge < -0.3 is 15.3 Å². The van der Waals surface area contributed by atoms with Crippen LogP contribution in [0, 0.1) is 5.92 Å². The Balaban J connectivity index is 1.70. The van der Waals surface area contributed by atoms with Crippen LogP contribution in [0.25, 0.3) is 0 Å². The van der Waals surface area contributed by atoms with Crippen molar-refractivity contribution in [3.8, 4) is 0 Å². The van der Waals surface area contributed by atoms with E-state index in [-0.39, 0.29) is 11.9 Å². The Kier molecular flexibility index (Phi) is 5.81. The predicted octanol–water partition coefficient (Wildman–Crippen LogP) is 2.30. The van der Waals surface area contributed by atoms with Crippen molar-refractivity contribution in [3.05, 3.63) is 35.4 Å². The summed E-state index contributed by atoms with van der Waals surface area (Å²) in [5, 5.41) is 11.9. The molecule has 0 bridgehead atoms. The second-order valence-electron chi connectivity index (χ2n) is 5.75. The maximum atomic E-state index is 12.0. The summed E-state index contributed by atoms with van der Waals surface area (Å²) in [4.78, 5) is 24.6. The molecule has 2 N–H and O–H groups in total. The monoisotopic (exact) mass is 304 g/mol. The van der Waals surface area contributed by atoms with Gasteiger partial charge in [0.2, 0.25) is 0 Å². The van der Waals surface area contributed by atoms with Crippen LogP contribution < -0.4 is 5.32 Å². The molecule has 5 heteroatoms. The Morgan fingerprint density at radius 3 is 2.32 bits per heavy atom. The molecule has 1 aliphatic rings. The zero-order chi connectivity index (χ0) is 15.9. The lowest BCUT2D eigenvalue weighted by Gasteiger charge is -2.30. The number of benzene rings is 1. The lowest BCUT2D eigenvalue weighted by Crippen LogP contribution is -2.45. The molecule has 5 nitrogen and oxygen atoms in total. The first-order valence-corrected chi connectivity index (χ1v) is 7.93. The van der Waals surface area contributed by atoms with Gasteiger partial charge in [0.15, 0.2) is 0 Å². The smallest absolute Gasteiger partial charge is 0.317 e. The first kappa shape index (κ1) is 16.3. The van der Waals surface area contributed by atoms with Crippen molar-refractivity contribution in [1.82, 2.24) is 10.2 Å². The normalized spacial score (nSPS) is 15.6. The van der Waals surface area contributed by atoms with Gasteiger partial charge in [0.25, 0.3) is 0 Å². The fourth-order valence-corrected chi connectivity index (χ4v) is 2.70. The standard InChI is InChI=1S/C17H24N2O3/c1-2-13-3-5-14(6-4-13)7-10-18-17(22)19-11-8-15(9-12-19)16(20)21/h3-6,15H,2,7-12H2,1H3,(H,18,22)(H,20,21). The molecule has 0 radical (unpaired) electrons. The van der Waals surface area contributed by atoms with Crippen molar-refractivity contribution in [3.63, 3.8) is 0 Å². The molecular weight excluding hydrogens is 280 g/mol. The van der Waals surface area contributed by atoms with E-state index in [0.717, 1.165) is 12.8 Å². The van der Waals surface area contributed by atoms with Gasteiger partial charge in [-0.25, -0.2) is 4.79 Å². The molecule has 0 atom stereocenters. The van der Waals surface area contributed by atoms with E-state index in [1.165, 1.54) is 11.1 Å². The highest BCUT2D eigenvalue weighted by atomic mass is 16.4. The van der Waals surface area contributed by atoms with E-state index in [4.69, 9.17) is 5.11 Å². The fourth-order valence-electron chi connectivity index (χ4n) is 2.70.